The molecule has 5 aromatic rings. The lowest BCUT2D eigenvalue weighted by Gasteiger charge is -2.14. The molecule has 0 spiro atoms. The third kappa shape index (κ3) is 4.18. The van der Waals surface area contributed by atoms with Gasteiger partial charge in [0.1, 0.15) is 23.5 Å². The molecule has 1 aliphatic carbocycles. The second-order valence-electron chi connectivity index (χ2n) is 9.55. The van der Waals surface area contributed by atoms with E-state index in [9.17, 15) is 0 Å². The number of hydrogen-bond donors (Lipinski definition) is 2. The van der Waals surface area contributed by atoms with Gasteiger partial charge in [0.2, 0.25) is 0 Å². The number of fused-ring (bicyclic) bond motifs is 2. The van der Waals surface area contributed by atoms with Crippen molar-refractivity contribution < 1.29 is 4.74 Å². The van der Waals surface area contributed by atoms with Gasteiger partial charge in [-0.3, -0.25) is 0 Å². The summed E-state index contributed by atoms with van der Waals surface area (Å²) < 4.78 is 7.99. The van der Waals surface area contributed by atoms with Crippen molar-refractivity contribution in [2.24, 2.45) is 7.05 Å². The Morgan fingerprint density at radius 3 is 2.71 bits per heavy atom. The summed E-state index contributed by atoms with van der Waals surface area (Å²) >= 11 is 0. The molecule has 0 amide bonds. The Bertz CT molecular complexity index is 1660. The minimum Gasteiger partial charge on any atom is -0.424 e. The lowest BCUT2D eigenvalue weighted by Crippen LogP contribution is -2.18. The fourth-order valence-electron chi connectivity index (χ4n) is 5.37. The zero-order valence-corrected chi connectivity index (χ0v) is 21.5. The normalized spacial score (nSPS) is 14.5. The average molecular weight is 504 g/mol. The van der Waals surface area contributed by atoms with Crippen LogP contribution in [0.1, 0.15) is 29.3 Å². The average Bonchev–Trinajstić information content (AvgIpc) is 3.46. The number of benzene rings is 2. The van der Waals surface area contributed by atoms with E-state index in [1.54, 1.807) is 6.20 Å². The van der Waals surface area contributed by atoms with Gasteiger partial charge in [0.15, 0.2) is 0 Å². The highest BCUT2D eigenvalue weighted by atomic mass is 16.5. The van der Waals surface area contributed by atoms with Crippen LogP contribution in [0.25, 0.3) is 33.4 Å². The van der Waals surface area contributed by atoms with Gasteiger partial charge in [0.25, 0.3) is 0 Å². The molecule has 6 rings (SSSR count). The van der Waals surface area contributed by atoms with E-state index >= 15 is 0 Å². The molecule has 0 bridgehead atoms. The minimum absolute atomic E-state index is 0.320. The molecule has 3 N–H and O–H groups in total. The van der Waals surface area contributed by atoms with E-state index in [4.69, 9.17) is 10.5 Å². The number of nitrogens with zero attached hydrogens (tertiary/aromatic N) is 5. The summed E-state index contributed by atoms with van der Waals surface area (Å²) in [6, 6.07) is 17.1. The van der Waals surface area contributed by atoms with Crippen LogP contribution in [0.5, 0.6) is 11.8 Å². The van der Waals surface area contributed by atoms with Crippen LogP contribution >= 0.6 is 0 Å². The number of nitrogen functional groups attached to an aromatic ring is 1. The van der Waals surface area contributed by atoms with E-state index in [0.29, 0.717) is 23.6 Å². The van der Waals surface area contributed by atoms with Gasteiger partial charge in [0.05, 0.1) is 11.1 Å². The Balaban J connectivity index is 1.44. The summed E-state index contributed by atoms with van der Waals surface area (Å²) in [4.78, 5) is 17.4. The van der Waals surface area contributed by atoms with Gasteiger partial charge in [-0.05, 0) is 66.3 Å². The van der Waals surface area contributed by atoms with Gasteiger partial charge in [-0.2, -0.15) is 0 Å². The number of anilines is 1. The first kappa shape index (κ1) is 23.8. The largest absolute Gasteiger partial charge is 0.424 e. The zero-order chi connectivity index (χ0) is 26.2. The molecule has 0 fully saturated rings. The molecule has 0 radical (unpaired) electrons. The van der Waals surface area contributed by atoms with Crippen molar-refractivity contribution in [1.29, 1.82) is 0 Å². The van der Waals surface area contributed by atoms with Crippen LogP contribution in [-0.2, 0) is 13.5 Å². The maximum Gasteiger partial charge on any atom is 0.322 e. The summed E-state index contributed by atoms with van der Waals surface area (Å²) in [6.07, 6.45) is 7.23. The maximum absolute atomic E-state index is 6.43. The van der Waals surface area contributed by atoms with Crippen molar-refractivity contribution in [2.45, 2.75) is 25.8 Å². The predicted octanol–water partition coefficient (Wildman–Crippen LogP) is 5.54. The van der Waals surface area contributed by atoms with Crippen LogP contribution in [0.4, 0.5) is 5.82 Å². The molecule has 1 aliphatic rings. The van der Waals surface area contributed by atoms with Gasteiger partial charge in [-0.15, -0.1) is 6.58 Å². The molecule has 0 unspecified atom stereocenters. The molecule has 8 heteroatoms. The van der Waals surface area contributed by atoms with Crippen LogP contribution in [0.3, 0.4) is 0 Å². The lowest BCUT2D eigenvalue weighted by molar-refractivity contribution is 0.440. The van der Waals surface area contributed by atoms with E-state index in [2.05, 4.69) is 54.6 Å². The minimum atomic E-state index is 0.320. The number of hydrogen-bond acceptors (Lipinski definition) is 7. The highest BCUT2D eigenvalue weighted by Crippen LogP contribution is 2.43. The summed E-state index contributed by atoms with van der Waals surface area (Å²) in [5.74, 6) is 1.11. The second-order valence-corrected chi connectivity index (χ2v) is 9.55. The monoisotopic (exact) mass is 503 g/mol. The Hall–Kier alpha value is -4.56. The fraction of sp³-hybridized carbons (Fsp3) is 0.200. The van der Waals surface area contributed by atoms with Crippen LogP contribution in [-0.4, -0.2) is 31.0 Å². The molecule has 2 aromatic carbocycles. The van der Waals surface area contributed by atoms with E-state index in [0.717, 1.165) is 58.5 Å². The van der Waals surface area contributed by atoms with Crippen LogP contribution in [0.15, 0.2) is 73.7 Å². The number of nitrogens with two attached hydrogens (primary N) is 1. The number of ether oxygens (including phenoxy) is 1. The quantitative estimate of drug-likeness (QED) is 0.281. The van der Waals surface area contributed by atoms with E-state index < -0.39 is 0 Å². The first-order valence-electron chi connectivity index (χ1n) is 12.7. The first-order valence-corrected chi connectivity index (χ1v) is 12.7. The van der Waals surface area contributed by atoms with Crippen LogP contribution in [0, 0.1) is 6.92 Å². The van der Waals surface area contributed by atoms with Crippen molar-refractivity contribution in [3.05, 3.63) is 90.5 Å². The topological polar surface area (TPSA) is 104 Å². The number of nitrogens with one attached hydrogen (secondary N) is 1. The van der Waals surface area contributed by atoms with Crippen LogP contribution in [0.2, 0.25) is 0 Å². The molecule has 190 valence electrons. The third-order valence-corrected chi connectivity index (χ3v) is 7.12. The smallest absolute Gasteiger partial charge is 0.322 e. The third-order valence-electron chi connectivity index (χ3n) is 7.12. The van der Waals surface area contributed by atoms with Crippen molar-refractivity contribution in [1.82, 2.24) is 29.8 Å². The molecule has 0 saturated heterocycles. The van der Waals surface area contributed by atoms with Crippen LogP contribution < -0.4 is 15.8 Å². The summed E-state index contributed by atoms with van der Waals surface area (Å²) in [6.45, 7) is 6.54. The van der Waals surface area contributed by atoms with Gasteiger partial charge < -0.3 is 20.4 Å². The molecular formula is C30H29N7O. The second kappa shape index (κ2) is 9.72. The van der Waals surface area contributed by atoms with E-state index in [1.165, 1.54) is 17.5 Å². The Morgan fingerprint density at radius 2 is 1.92 bits per heavy atom. The number of aryl methyl sites for hydroxylation is 3. The lowest BCUT2D eigenvalue weighted by atomic mass is 9.96. The Labute approximate surface area is 221 Å². The fourth-order valence-corrected chi connectivity index (χ4v) is 5.37. The van der Waals surface area contributed by atoms with Gasteiger partial charge in [0, 0.05) is 37.1 Å². The highest BCUT2D eigenvalue weighted by molar-refractivity contribution is 6.07. The molecule has 1 atom stereocenters. The first-order chi connectivity index (χ1) is 18.5. The highest BCUT2D eigenvalue weighted by Gasteiger charge is 2.25. The standard InChI is InChI=1S/C30H29N7O/c1-4-14-32-24-12-8-20-16-21(7-11-23(20)24)27-25(26-28(31)34-17-35-29(26)37(27)3)19-5-9-22(10-6-19)38-30-33-15-13-18(2)36-30/h4-7,9-11,13,15-17,24,32H,1,8,12,14H2,2-3H3,(H2,31,34,35)/t24-/m1/s1. The molecule has 0 saturated carbocycles. The van der Waals surface area contributed by atoms with Gasteiger partial charge in [-0.1, -0.05) is 30.3 Å². The predicted molar refractivity (Wildman–Crippen MR) is 150 cm³/mol. The summed E-state index contributed by atoms with van der Waals surface area (Å²) in [7, 11) is 2.03. The van der Waals surface area contributed by atoms with Crippen molar-refractivity contribution in [3.8, 4) is 34.1 Å². The molecule has 38 heavy (non-hydrogen) atoms. The zero-order valence-electron chi connectivity index (χ0n) is 21.5. The van der Waals surface area contributed by atoms with Crippen molar-refractivity contribution in [3.63, 3.8) is 0 Å². The SMILES string of the molecule is C=CCN[C@@H]1CCc2cc(-c3c(-c4ccc(Oc5nccc(C)n5)cc4)c4c(N)ncnc4n3C)ccc21. The molecular weight excluding hydrogens is 474 g/mol. The van der Waals surface area contributed by atoms with Crippen molar-refractivity contribution >= 4 is 16.9 Å². The van der Waals surface area contributed by atoms with E-state index in [-0.39, 0.29) is 0 Å². The molecule has 3 heterocycles. The summed E-state index contributed by atoms with van der Waals surface area (Å²) in [5.41, 5.74) is 15.0. The van der Waals surface area contributed by atoms with E-state index in [1.807, 2.05) is 50.4 Å². The van der Waals surface area contributed by atoms with Gasteiger partial charge in [-0.25, -0.2) is 19.9 Å². The molecule has 3 aromatic heterocycles. The Kier molecular flexibility index (Phi) is 6.09. The van der Waals surface area contributed by atoms with Gasteiger partial charge >= 0.3 is 6.01 Å². The summed E-state index contributed by atoms with van der Waals surface area (Å²) in [5, 5.41) is 4.41. The number of rotatable bonds is 7. The van der Waals surface area contributed by atoms with Crippen molar-refractivity contribution in [2.75, 3.05) is 12.3 Å². The maximum atomic E-state index is 6.43. The molecule has 0 aliphatic heterocycles. The Morgan fingerprint density at radius 1 is 1.11 bits per heavy atom. The molecule has 8 nitrogen and oxygen atoms in total. The number of aromatic nitrogens is 5.